The molecule has 12 unspecified atom stereocenters. The average molecular weight is 1320 g/mol. The number of rotatable bonds is 14. The molecule has 2 saturated carbocycles. The van der Waals surface area contributed by atoms with Gasteiger partial charge in [-0.2, -0.15) is 0 Å². The van der Waals surface area contributed by atoms with Gasteiger partial charge < -0.3 is 69.0 Å². The van der Waals surface area contributed by atoms with Gasteiger partial charge in [0.15, 0.2) is 52.3 Å². The number of fused-ring (bicyclic) bond motifs is 11. The molecule has 12 atom stereocenters. The van der Waals surface area contributed by atoms with Crippen LogP contribution in [0.3, 0.4) is 0 Å². The number of aromatic hydroxyl groups is 2. The molecule has 3 fully saturated rings. The Morgan fingerprint density at radius 1 is 0.677 bits per heavy atom. The van der Waals surface area contributed by atoms with E-state index in [4.69, 9.17) is 37.9 Å². The maximum atomic E-state index is 16.7. The Balaban J connectivity index is 0.933. The number of halogens is 2. The van der Waals surface area contributed by atoms with Crippen molar-refractivity contribution in [1.82, 2.24) is 10.6 Å². The van der Waals surface area contributed by atoms with Crippen molar-refractivity contribution in [3.05, 3.63) is 201 Å². The zero-order valence-corrected chi connectivity index (χ0v) is 52.5. The molecule has 6 aromatic rings. The summed E-state index contributed by atoms with van der Waals surface area (Å²) in [5.41, 5.74) is -12.2. The summed E-state index contributed by atoms with van der Waals surface area (Å²) in [5, 5.41) is 52.4. The maximum absolute atomic E-state index is 16.7. The molecule has 6 aromatic carbocycles. The second kappa shape index (κ2) is 24.1. The predicted molar refractivity (Wildman–Crippen MR) is 326 cm³/mol. The van der Waals surface area contributed by atoms with Crippen LogP contribution in [0.1, 0.15) is 131 Å². The van der Waals surface area contributed by atoms with Crippen LogP contribution in [0.25, 0.3) is 0 Å². The number of aliphatic hydroxyl groups excluding tert-OH is 1. The number of ether oxygens (including phenoxy) is 8. The van der Waals surface area contributed by atoms with E-state index in [0.29, 0.717) is 0 Å². The first kappa shape index (κ1) is 65.7. The number of amides is 2. The largest absolute Gasteiger partial charge is 0.505 e. The van der Waals surface area contributed by atoms with Gasteiger partial charge in [-0.1, -0.05) is 80.6 Å². The number of hydrogen-bond donors (Lipinski definition) is 6. The third-order valence-electron chi connectivity index (χ3n) is 19.6. The van der Waals surface area contributed by atoms with Crippen LogP contribution in [0.4, 0.5) is 8.78 Å². The van der Waals surface area contributed by atoms with Gasteiger partial charge in [0.1, 0.15) is 47.6 Å². The molecule has 6 aliphatic rings. The average Bonchev–Trinajstić information content (AvgIpc) is 0.720. The Hall–Kier alpha value is -10.4. The minimum Gasteiger partial charge on any atom is -0.505 e. The number of Topliss-reactive ketones (excluding diaryl/α,β-unsaturated/α-hetero) is 1. The summed E-state index contributed by atoms with van der Waals surface area (Å²) in [5.74, 6) is -16.0. The van der Waals surface area contributed by atoms with E-state index in [1.54, 1.807) is 54.6 Å². The van der Waals surface area contributed by atoms with Crippen LogP contribution < -0.4 is 15.4 Å². The first-order chi connectivity index (χ1) is 45.5. The first-order valence-electron chi connectivity index (χ1n) is 30.6. The summed E-state index contributed by atoms with van der Waals surface area (Å²) >= 11 is 0. The number of aliphatic hydroxyl groups is 2. The number of ketones is 1. The normalized spacial score (nSPS) is 26.2. The van der Waals surface area contributed by atoms with E-state index in [9.17, 15) is 58.8 Å². The molecule has 6 N–H and O–H groups in total. The number of hydrogen-bond acceptors (Lipinski definition) is 21. The van der Waals surface area contributed by atoms with Crippen LogP contribution in [0, 0.1) is 28.4 Å². The molecule has 25 heteroatoms. The van der Waals surface area contributed by atoms with E-state index in [2.05, 4.69) is 10.6 Å². The summed E-state index contributed by atoms with van der Waals surface area (Å²) in [4.78, 5) is 131. The summed E-state index contributed by atoms with van der Waals surface area (Å²) in [6.45, 7) is 8.44. The summed E-state index contributed by atoms with van der Waals surface area (Å²) < 4.78 is 80.2. The van der Waals surface area contributed by atoms with Crippen molar-refractivity contribution in [2.24, 2.45) is 16.7 Å². The number of phenols is 2. The van der Waals surface area contributed by atoms with Crippen LogP contribution >= 0.6 is 0 Å². The van der Waals surface area contributed by atoms with Crippen molar-refractivity contribution >= 4 is 53.4 Å². The fourth-order valence-electron chi connectivity index (χ4n) is 14.8. The monoisotopic (exact) mass is 1320 g/mol. The number of nitrogens with one attached hydrogen (secondary N) is 2. The molecule has 1 saturated heterocycles. The standard InChI is InChI=1S/C71H64F2N2O21/c1-33-51(92-66(87)56(80)55(37-17-11-8-12-18-37)75-61(82)38-19-13-9-14-20-38)31-70(88)60(94-64(85)39-21-15-10-16-22-39)58-68(7,59(81)57(90-35(3)76)54(33)67(70,5)6)52(30-53-69(58,32-89-53)95-36(4)77)93-63(84)34(2)74-62(83)40-23-24-41-42(25-40)71(96-65(41)86)43-26-45(72)47(78)28-49(43)91-50-29-48(79)46(73)27-44(50)71/h8-29,34,51-53,55-58,60,78-80,88H,30-32H2,1-7H3,(H,74,83)(H,75,82). The van der Waals surface area contributed by atoms with Crippen LogP contribution in [0.15, 0.2) is 145 Å². The molecule has 498 valence electrons. The minimum atomic E-state index is -2.65. The first-order valence-corrected chi connectivity index (χ1v) is 30.6. The molecule has 23 nitrogen and oxygen atoms in total. The lowest BCUT2D eigenvalue weighted by Crippen LogP contribution is -2.82. The number of carbonyl (C=O) groups excluding carboxylic acids is 9. The van der Waals surface area contributed by atoms with E-state index in [1.165, 1.54) is 83.1 Å². The molecule has 0 aromatic heterocycles. The summed E-state index contributed by atoms with van der Waals surface area (Å²) in [7, 11) is 0. The molecule has 3 aliphatic heterocycles. The molecular weight excluding hydrogens is 1250 g/mol. The fraction of sp³-hybridized carbons (Fsp3) is 0.338. The Morgan fingerprint density at radius 2 is 1.26 bits per heavy atom. The summed E-state index contributed by atoms with van der Waals surface area (Å²) in [6.07, 6.45) is -12.4. The van der Waals surface area contributed by atoms with Crippen molar-refractivity contribution in [3.8, 4) is 23.0 Å². The smallest absolute Gasteiger partial charge is 0.340 e. The van der Waals surface area contributed by atoms with E-state index in [1.807, 2.05) is 0 Å². The molecule has 2 bridgehead atoms. The third kappa shape index (κ3) is 10.6. The van der Waals surface area contributed by atoms with Gasteiger partial charge in [-0.25, -0.2) is 28.0 Å². The van der Waals surface area contributed by atoms with Gasteiger partial charge in [0.25, 0.3) is 11.8 Å². The van der Waals surface area contributed by atoms with Crippen LogP contribution in [0.2, 0.25) is 0 Å². The zero-order valence-electron chi connectivity index (χ0n) is 52.5. The number of carbonyl (C=O) groups is 9. The van der Waals surface area contributed by atoms with Crippen molar-refractivity contribution in [1.29, 1.82) is 0 Å². The summed E-state index contributed by atoms with van der Waals surface area (Å²) in [6, 6.07) is 27.2. The van der Waals surface area contributed by atoms with Crippen molar-refractivity contribution in [2.75, 3.05) is 6.61 Å². The Morgan fingerprint density at radius 3 is 1.83 bits per heavy atom. The van der Waals surface area contributed by atoms with Crippen LogP contribution in [-0.2, 0) is 62.7 Å². The second-order valence-corrected chi connectivity index (χ2v) is 25.5. The van der Waals surface area contributed by atoms with Crippen molar-refractivity contribution in [3.63, 3.8) is 0 Å². The predicted octanol–water partition coefficient (Wildman–Crippen LogP) is 7.36. The molecular formula is C71H64F2N2O21. The quantitative estimate of drug-likeness (QED) is 0.0352. The van der Waals surface area contributed by atoms with Gasteiger partial charge in [0.2, 0.25) is 0 Å². The van der Waals surface area contributed by atoms with Gasteiger partial charge in [-0.3, -0.25) is 24.0 Å². The highest BCUT2D eigenvalue weighted by molar-refractivity contribution is 6.02. The van der Waals surface area contributed by atoms with Crippen LogP contribution in [0.5, 0.6) is 23.0 Å². The molecule has 3 heterocycles. The topological polar surface area (TPSA) is 332 Å². The lowest BCUT2D eigenvalue weighted by atomic mass is 9.44. The number of phenolic OH excluding ortho intramolecular Hbond substituents is 2. The lowest BCUT2D eigenvalue weighted by Gasteiger charge is -2.67. The van der Waals surface area contributed by atoms with Crippen LogP contribution in [-0.4, -0.2) is 134 Å². The Labute approximate surface area is 546 Å². The van der Waals surface area contributed by atoms with Gasteiger partial charge in [-0.05, 0) is 92.1 Å². The van der Waals surface area contributed by atoms with Gasteiger partial charge in [0.05, 0.1) is 46.2 Å². The highest BCUT2D eigenvalue weighted by atomic mass is 19.1. The Kier molecular flexibility index (Phi) is 16.5. The second-order valence-electron chi connectivity index (χ2n) is 25.5. The van der Waals surface area contributed by atoms with E-state index in [0.717, 1.165) is 44.2 Å². The SMILES string of the molecule is CC(=O)OC1C(=O)C2(C)C(OC(=O)C(C)NC(=O)c3ccc4c(c3)C3(OC4=O)c4cc(F)c(O)cc4Oc4cc(O)c(F)cc43)CC3OCC3(OC(C)=O)C2C(OC(=O)c2ccccc2)C2(O)CC(OC(=O)C(O)C(NC(=O)c3ccccc3)c3ccccc3)C(C)=C1C2(C)C. The van der Waals surface area contributed by atoms with E-state index >= 15 is 13.6 Å². The Bertz CT molecular complexity index is 4240. The lowest BCUT2D eigenvalue weighted by molar-refractivity contribution is -0.346. The molecule has 12 rings (SSSR count). The number of benzene rings is 6. The number of esters is 6. The minimum absolute atomic E-state index is 0.0152. The highest BCUT2D eigenvalue weighted by Crippen LogP contribution is 2.65. The molecule has 3 aliphatic carbocycles. The molecule has 2 amide bonds. The van der Waals surface area contributed by atoms with Crippen molar-refractivity contribution < 1.29 is 110 Å². The van der Waals surface area contributed by atoms with Gasteiger partial charge in [-0.15, -0.1) is 0 Å². The molecule has 0 radical (unpaired) electrons. The van der Waals surface area contributed by atoms with Gasteiger partial charge >= 0.3 is 35.8 Å². The molecule has 96 heavy (non-hydrogen) atoms. The maximum Gasteiger partial charge on any atom is 0.340 e. The van der Waals surface area contributed by atoms with E-state index in [-0.39, 0.29) is 67.2 Å². The third-order valence-corrected chi connectivity index (χ3v) is 19.6. The van der Waals surface area contributed by atoms with Crippen molar-refractivity contribution in [2.45, 2.75) is 127 Å². The zero-order chi connectivity index (χ0) is 68.9. The fourth-order valence-corrected chi connectivity index (χ4v) is 14.8. The van der Waals surface area contributed by atoms with Gasteiger partial charge in [0, 0.05) is 60.9 Å². The highest BCUT2D eigenvalue weighted by Gasteiger charge is 2.79. The van der Waals surface area contributed by atoms with E-state index < -0.39 is 178 Å². The molecule has 1 spiro atoms.